The molecule has 0 bridgehead atoms. The van der Waals surface area contributed by atoms with E-state index < -0.39 is 5.76 Å². The van der Waals surface area contributed by atoms with E-state index in [2.05, 4.69) is 28.5 Å². The van der Waals surface area contributed by atoms with E-state index in [0.29, 0.717) is 5.92 Å². The molecular formula is C14H26N2O2. The molecule has 1 unspecified atom stereocenters. The maximum Gasteiger partial charge on any atom is 0.438 e. The molecule has 0 saturated carbocycles. The van der Waals surface area contributed by atoms with Crippen molar-refractivity contribution in [1.29, 1.82) is 0 Å². The average Bonchev–Trinajstić information content (AvgIpc) is 2.79. The lowest BCUT2D eigenvalue weighted by Gasteiger charge is -2.12. The molecule has 0 spiro atoms. The Morgan fingerprint density at radius 2 is 1.67 bits per heavy atom. The number of H-pyrrole nitrogens is 1. The van der Waals surface area contributed by atoms with Gasteiger partial charge in [-0.15, -0.1) is 0 Å². The summed E-state index contributed by atoms with van der Waals surface area (Å²) in [6, 6.07) is 0. The summed E-state index contributed by atoms with van der Waals surface area (Å²) in [7, 11) is 0. The highest BCUT2D eigenvalue weighted by atomic mass is 16.5. The van der Waals surface area contributed by atoms with Crippen molar-refractivity contribution in [2.75, 3.05) is 0 Å². The third-order valence-corrected chi connectivity index (χ3v) is 3.41. The molecule has 1 atom stereocenters. The first kappa shape index (κ1) is 15.0. The lowest BCUT2D eigenvalue weighted by atomic mass is 9.94. The Morgan fingerprint density at radius 3 is 2.22 bits per heavy atom. The van der Waals surface area contributed by atoms with Gasteiger partial charge in [0.1, 0.15) is 0 Å². The number of nitrogens with zero attached hydrogens (tertiary/aromatic N) is 1. The van der Waals surface area contributed by atoms with Crippen LogP contribution in [-0.2, 0) is 0 Å². The molecule has 104 valence electrons. The predicted octanol–water partition coefficient (Wildman–Crippen LogP) is 4.00. The number of unbranched alkanes of at least 4 members (excludes halogenated alkanes) is 5. The zero-order valence-corrected chi connectivity index (χ0v) is 11.7. The van der Waals surface area contributed by atoms with Gasteiger partial charge in [-0.1, -0.05) is 63.9 Å². The van der Waals surface area contributed by atoms with Crippen LogP contribution in [0.3, 0.4) is 0 Å². The van der Waals surface area contributed by atoms with Gasteiger partial charge in [0, 0.05) is 5.92 Å². The van der Waals surface area contributed by atoms with Gasteiger partial charge >= 0.3 is 5.76 Å². The molecule has 0 aliphatic carbocycles. The molecular weight excluding hydrogens is 228 g/mol. The molecule has 0 aliphatic heterocycles. The quantitative estimate of drug-likeness (QED) is 0.642. The third-order valence-electron chi connectivity index (χ3n) is 3.41. The van der Waals surface area contributed by atoms with Crippen LogP contribution in [-0.4, -0.2) is 10.1 Å². The van der Waals surface area contributed by atoms with E-state index in [-0.39, 0.29) is 0 Å². The summed E-state index contributed by atoms with van der Waals surface area (Å²) in [4.78, 5) is 13.7. The normalized spacial score (nSPS) is 12.8. The molecule has 0 amide bonds. The number of rotatable bonds is 10. The van der Waals surface area contributed by atoms with Crippen LogP contribution in [0.5, 0.6) is 0 Å². The zero-order valence-electron chi connectivity index (χ0n) is 11.7. The van der Waals surface area contributed by atoms with Crippen LogP contribution >= 0.6 is 0 Å². The molecule has 0 fully saturated rings. The van der Waals surface area contributed by atoms with Gasteiger partial charge in [-0.2, -0.15) is 0 Å². The van der Waals surface area contributed by atoms with E-state index in [4.69, 9.17) is 0 Å². The van der Waals surface area contributed by atoms with E-state index in [9.17, 15) is 4.79 Å². The molecule has 0 saturated heterocycles. The molecule has 1 aromatic rings. The van der Waals surface area contributed by atoms with Crippen LogP contribution in [0.4, 0.5) is 0 Å². The Kier molecular flexibility index (Phi) is 7.46. The summed E-state index contributed by atoms with van der Waals surface area (Å²) in [5.41, 5.74) is 0. The molecule has 0 radical (unpaired) electrons. The summed E-state index contributed by atoms with van der Waals surface area (Å²) in [6.45, 7) is 4.42. The van der Waals surface area contributed by atoms with Crippen LogP contribution in [0.25, 0.3) is 0 Å². The third kappa shape index (κ3) is 5.52. The van der Waals surface area contributed by atoms with Crippen LogP contribution in [0.2, 0.25) is 0 Å². The van der Waals surface area contributed by atoms with Gasteiger partial charge in [-0.05, 0) is 12.8 Å². The zero-order chi connectivity index (χ0) is 13.2. The highest BCUT2D eigenvalue weighted by Gasteiger charge is 2.15. The SMILES string of the molecule is CCCCCCC(CCCCC)c1noc(=O)[nH]1. The second-order valence-corrected chi connectivity index (χ2v) is 5.02. The van der Waals surface area contributed by atoms with E-state index in [0.717, 1.165) is 18.7 Å². The average molecular weight is 254 g/mol. The van der Waals surface area contributed by atoms with E-state index in [1.54, 1.807) is 0 Å². The second kappa shape index (κ2) is 8.95. The van der Waals surface area contributed by atoms with Gasteiger partial charge in [0.2, 0.25) is 0 Å². The minimum Gasteiger partial charge on any atom is -0.296 e. The minimum atomic E-state index is -0.431. The van der Waals surface area contributed by atoms with Crippen LogP contribution in [0.15, 0.2) is 9.32 Å². The monoisotopic (exact) mass is 254 g/mol. The standard InChI is InChI=1S/C14H26N2O2/c1-3-5-7-9-11-12(10-8-6-4-2)13-15-14(17)18-16-13/h12H,3-11H2,1-2H3,(H,15,16,17). The molecule has 1 heterocycles. The smallest absolute Gasteiger partial charge is 0.296 e. The van der Waals surface area contributed by atoms with Crippen molar-refractivity contribution >= 4 is 0 Å². The topological polar surface area (TPSA) is 58.9 Å². The summed E-state index contributed by atoms with van der Waals surface area (Å²) >= 11 is 0. The maximum atomic E-state index is 11.0. The number of nitrogens with one attached hydrogen (secondary N) is 1. The fourth-order valence-electron chi connectivity index (χ4n) is 2.29. The van der Waals surface area contributed by atoms with Gasteiger partial charge < -0.3 is 0 Å². The highest BCUT2D eigenvalue weighted by molar-refractivity contribution is 4.91. The molecule has 4 heteroatoms. The number of aromatic nitrogens is 2. The largest absolute Gasteiger partial charge is 0.438 e. The lowest BCUT2D eigenvalue weighted by Crippen LogP contribution is -2.04. The Morgan fingerprint density at radius 1 is 1.06 bits per heavy atom. The number of hydrogen-bond acceptors (Lipinski definition) is 3. The van der Waals surface area contributed by atoms with Crippen molar-refractivity contribution in [3.8, 4) is 0 Å². The highest BCUT2D eigenvalue weighted by Crippen LogP contribution is 2.25. The Bertz CT molecular complexity index is 357. The molecule has 1 aromatic heterocycles. The Hall–Kier alpha value is -1.06. The van der Waals surface area contributed by atoms with Gasteiger partial charge in [-0.25, -0.2) is 4.79 Å². The van der Waals surface area contributed by atoms with Crippen molar-refractivity contribution in [3.63, 3.8) is 0 Å². The van der Waals surface area contributed by atoms with Gasteiger partial charge in [-0.3, -0.25) is 9.51 Å². The molecule has 0 aliphatic rings. The second-order valence-electron chi connectivity index (χ2n) is 5.02. The summed E-state index contributed by atoms with van der Waals surface area (Å²) < 4.78 is 4.62. The number of aromatic amines is 1. The number of hydrogen-bond donors (Lipinski definition) is 1. The molecule has 1 rings (SSSR count). The summed E-state index contributed by atoms with van der Waals surface area (Å²) in [6.07, 6.45) is 10.9. The van der Waals surface area contributed by atoms with Crippen molar-refractivity contribution in [3.05, 3.63) is 16.4 Å². The van der Waals surface area contributed by atoms with E-state index in [1.165, 1.54) is 44.9 Å². The van der Waals surface area contributed by atoms with Gasteiger partial charge in [0.05, 0.1) is 0 Å². The van der Waals surface area contributed by atoms with Gasteiger partial charge in [0.15, 0.2) is 5.82 Å². The van der Waals surface area contributed by atoms with Crippen molar-refractivity contribution in [2.24, 2.45) is 0 Å². The molecule has 1 N–H and O–H groups in total. The fraction of sp³-hybridized carbons (Fsp3) is 0.857. The first-order valence-corrected chi connectivity index (χ1v) is 7.33. The Labute approximate surface area is 109 Å². The van der Waals surface area contributed by atoms with E-state index in [1.807, 2.05) is 0 Å². The van der Waals surface area contributed by atoms with Crippen LogP contribution in [0, 0.1) is 0 Å². The Balaban J connectivity index is 2.44. The molecule has 0 aromatic carbocycles. The van der Waals surface area contributed by atoms with Gasteiger partial charge in [0.25, 0.3) is 0 Å². The first-order chi connectivity index (χ1) is 8.77. The molecule has 18 heavy (non-hydrogen) atoms. The van der Waals surface area contributed by atoms with Crippen molar-refractivity contribution in [1.82, 2.24) is 10.1 Å². The maximum absolute atomic E-state index is 11.0. The first-order valence-electron chi connectivity index (χ1n) is 7.33. The molecule has 4 nitrogen and oxygen atoms in total. The fourth-order valence-corrected chi connectivity index (χ4v) is 2.29. The summed E-state index contributed by atoms with van der Waals surface area (Å²) in [5.74, 6) is 0.673. The lowest BCUT2D eigenvalue weighted by molar-refractivity contribution is 0.371. The van der Waals surface area contributed by atoms with Crippen molar-refractivity contribution < 1.29 is 4.52 Å². The van der Waals surface area contributed by atoms with E-state index >= 15 is 0 Å². The predicted molar refractivity (Wildman–Crippen MR) is 72.8 cm³/mol. The van der Waals surface area contributed by atoms with Crippen LogP contribution < -0.4 is 5.76 Å². The van der Waals surface area contributed by atoms with Crippen LogP contribution in [0.1, 0.15) is 83.4 Å². The summed E-state index contributed by atoms with van der Waals surface area (Å²) in [5, 5.41) is 3.85. The minimum absolute atomic E-state index is 0.361. The van der Waals surface area contributed by atoms with Crippen molar-refractivity contribution in [2.45, 2.75) is 77.6 Å².